The van der Waals surface area contributed by atoms with Gasteiger partial charge in [-0.3, -0.25) is 4.79 Å². The highest BCUT2D eigenvalue weighted by molar-refractivity contribution is 5.97. The van der Waals surface area contributed by atoms with E-state index in [1.165, 1.54) is 0 Å². The lowest BCUT2D eigenvalue weighted by Gasteiger charge is -2.44. The summed E-state index contributed by atoms with van der Waals surface area (Å²) in [5.41, 5.74) is 0.733. The van der Waals surface area contributed by atoms with E-state index in [1.54, 1.807) is 20.3 Å². The highest BCUT2D eigenvalue weighted by Crippen LogP contribution is 2.58. The topological polar surface area (TPSA) is 63.2 Å². The maximum absolute atomic E-state index is 12.7. The second kappa shape index (κ2) is 6.48. The van der Waals surface area contributed by atoms with Gasteiger partial charge in [0.15, 0.2) is 17.3 Å². The van der Waals surface area contributed by atoms with Crippen molar-refractivity contribution in [3.05, 3.63) is 48.1 Å². The first-order chi connectivity index (χ1) is 13.0. The van der Waals surface area contributed by atoms with Crippen molar-refractivity contribution in [2.45, 2.75) is 37.3 Å². The van der Waals surface area contributed by atoms with Crippen molar-refractivity contribution < 1.29 is 28.5 Å². The minimum Gasteiger partial charge on any atom is -0.454 e. The normalized spacial score (nSPS) is 34.3. The molecule has 2 heterocycles. The smallest absolute Gasteiger partial charge is 0.231 e. The molecule has 0 N–H and O–H groups in total. The van der Waals surface area contributed by atoms with Gasteiger partial charge in [-0.25, -0.2) is 0 Å². The van der Waals surface area contributed by atoms with Gasteiger partial charge in [-0.2, -0.15) is 0 Å². The van der Waals surface area contributed by atoms with Crippen LogP contribution >= 0.6 is 0 Å². The molecular formula is C21H24O6. The lowest BCUT2D eigenvalue weighted by atomic mass is 9.72. The summed E-state index contributed by atoms with van der Waals surface area (Å²) in [5, 5.41) is 0. The molecule has 1 fully saturated rings. The van der Waals surface area contributed by atoms with Gasteiger partial charge in [-0.15, -0.1) is 6.58 Å². The maximum atomic E-state index is 12.7. The number of allylic oxidation sites excluding steroid dienone is 2. The highest BCUT2D eigenvalue weighted by atomic mass is 16.7. The molecule has 3 aliphatic rings. The molecule has 6 nitrogen and oxygen atoms in total. The molecule has 4 rings (SSSR count). The number of rotatable bonds is 5. The van der Waals surface area contributed by atoms with Gasteiger partial charge in [0.1, 0.15) is 5.60 Å². The number of carbonyl (C=O) groups excluding carboxylic acids is 1. The largest absolute Gasteiger partial charge is 0.454 e. The third kappa shape index (κ3) is 2.47. The zero-order valence-corrected chi connectivity index (χ0v) is 15.8. The van der Waals surface area contributed by atoms with Crippen LogP contribution in [0.4, 0.5) is 0 Å². The number of carbonyl (C=O) groups is 1. The molecule has 144 valence electrons. The summed E-state index contributed by atoms with van der Waals surface area (Å²) in [5.74, 6) is 0.117. The number of hydrogen-bond donors (Lipinski definition) is 0. The molecule has 0 radical (unpaired) electrons. The second-order valence-corrected chi connectivity index (χ2v) is 7.16. The molecule has 0 unspecified atom stereocenters. The fraction of sp³-hybridized carbons (Fsp3) is 0.476. The number of ether oxygens (including phenoxy) is 5. The molecule has 4 atom stereocenters. The van der Waals surface area contributed by atoms with E-state index in [0.717, 1.165) is 5.56 Å². The van der Waals surface area contributed by atoms with Crippen molar-refractivity contribution in [2.75, 3.05) is 21.0 Å². The summed E-state index contributed by atoms with van der Waals surface area (Å²) in [6.45, 7) is 6.02. The van der Waals surface area contributed by atoms with E-state index in [-0.39, 0.29) is 31.0 Å². The van der Waals surface area contributed by atoms with Gasteiger partial charge in [0.05, 0.1) is 12.5 Å². The zero-order chi connectivity index (χ0) is 19.2. The van der Waals surface area contributed by atoms with Gasteiger partial charge in [-0.05, 0) is 35.8 Å². The summed E-state index contributed by atoms with van der Waals surface area (Å²) >= 11 is 0. The molecule has 2 aliphatic heterocycles. The molecule has 27 heavy (non-hydrogen) atoms. The average Bonchev–Trinajstić information content (AvgIpc) is 3.24. The van der Waals surface area contributed by atoms with Crippen molar-refractivity contribution in [2.24, 2.45) is 5.92 Å². The predicted octanol–water partition coefficient (Wildman–Crippen LogP) is 3.33. The van der Waals surface area contributed by atoms with Crippen LogP contribution in [0.25, 0.3) is 0 Å². The van der Waals surface area contributed by atoms with E-state index in [1.807, 2.05) is 24.3 Å². The molecule has 1 aromatic rings. The Morgan fingerprint density at radius 1 is 1.26 bits per heavy atom. The van der Waals surface area contributed by atoms with Gasteiger partial charge in [0.2, 0.25) is 12.6 Å². The van der Waals surface area contributed by atoms with E-state index in [9.17, 15) is 4.79 Å². The molecule has 1 aromatic carbocycles. The first kappa shape index (κ1) is 18.2. The summed E-state index contributed by atoms with van der Waals surface area (Å²) in [7, 11) is 3.19. The zero-order valence-electron chi connectivity index (χ0n) is 15.8. The molecule has 0 saturated carbocycles. The molecule has 0 amide bonds. The van der Waals surface area contributed by atoms with E-state index >= 15 is 0 Å². The average molecular weight is 372 g/mol. The van der Waals surface area contributed by atoms with Crippen LogP contribution in [0.15, 0.2) is 42.5 Å². The number of hydrogen-bond acceptors (Lipinski definition) is 6. The van der Waals surface area contributed by atoms with Crippen molar-refractivity contribution >= 4 is 5.78 Å². The first-order valence-electron chi connectivity index (χ1n) is 9.03. The lowest BCUT2D eigenvalue weighted by molar-refractivity contribution is -0.274. The van der Waals surface area contributed by atoms with Crippen molar-refractivity contribution in [3.8, 4) is 11.5 Å². The van der Waals surface area contributed by atoms with Crippen LogP contribution in [0.2, 0.25) is 0 Å². The molecule has 0 bridgehead atoms. The Balaban J connectivity index is 1.79. The first-order valence-corrected chi connectivity index (χ1v) is 9.03. The van der Waals surface area contributed by atoms with Crippen LogP contribution in [0, 0.1) is 5.92 Å². The number of methoxy groups -OCH3 is 2. The molecule has 1 aliphatic carbocycles. The van der Waals surface area contributed by atoms with Crippen molar-refractivity contribution in [1.29, 1.82) is 0 Å². The minimum absolute atomic E-state index is 0.0111. The fourth-order valence-corrected chi connectivity index (χ4v) is 4.51. The minimum atomic E-state index is -1.18. The summed E-state index contributed by atoms with van der Waals surface area (Å²) in [4.78, 5) is 12.7. The Kier molecular flexibility index (Phi) is 4.37. The molecule has 1 saturated heterocycles. The quantitative estimate of drug-likeness (QED) is 0.739. The van der Waals surface area contributed by atoms with Crippen LogP contribution in [0.3, 0.4) is 0 Å². The Hall–Kier alpha value is -2.15. The van der Waals surface area contributed by atoms with Gasteiger partial charge in [0.25, 0.3) is 0 Å². The highest BCUT2D eigenvalue weighted by Gasteiger charge is 2.67. The van der Waals surface area contributed by atoms with Crippen LogP contribution in [0.5, 0.6) is 11.5 Å². The monoisotopic (exact) mass is 372 g/mol. The Morgan fingerprint density at radius 3 is 2.74 bits per heavy atom. The van der Waals surface area contributed by atoms with E-state index in [0.29, 0.717) is 23.5 Å². The van der Waals surface area contributed by atoms with E-state index < -0.39 is 11.4 Å². The molecular weight excluding hydrogens is 348 g/mol. The van der Waals surface area contributed by atoms with E-state index in [4.69, 9.17) is 23.7 Å². The van der Waals surface area contributed by atoms with Crippen LogP contribution in [-0.4, -0.2) is 38.2 Å². The van der Waals surface area contributed by atoms with Gasteiger partial charge >= 0.3 is 0 Å². The number of benzene rings is 1. The van der Waals surface area contributed by atoms with Crippen molar-refractivity contribution in [1.82, 2.24) is 0 Å². The van der Waals surface area contributed by atoms with Gasteiger partial charge < -0.3 is 23.7 Å². The number of fused-ring (bicyclic) bond motifs is 2. The summed E-state index contributed by atoms with van der Waals surface area (Å²) in [6, 6.07) is 5.75. The van der Waals surface area contributed by atoms with Crippen LogP contribution in [-0.2, 0) is 19.0 Å². The standard InChI is InChI=1S/C21H24O6/c1-5-6-15-10-20(23-3)13(2)19(27-21(20,24-4)11-16(15)22)14-7-8-17-18(9-14)26-12-25-17/h5,7-10,13,19H,1,6,11-12H2,2-4H3/t13-,19-,20+,21+/m0/s1. The van der Waals surface area contributed by atoms with Gasteiger partial charge in [-0.1, -0.05) is 19.1 Å². The SMILES string of the molecule is C=CCC1=C[C@@]2(OC)[C@@H](C)[C@@H](c3ccc4c(c3)OCO4)O[C@]2(OC)CC1=O. The Morgan fingerprint density at radius 2 is 2.04 bits per heavy atom. The third-order valence-corrected chi connectivity index (χ3v) is 5.94. The summed E-state index contributed by atoms with van der Waals surface area (Å²) < 4.78 is 29.1. The maximum Gasteiger partial charge on any atom is 0.231 e. The Bertz CT molecular complexity index is 815. The molecule has 0 spiro atoms. The van der Waals surface area contributed by atoms with E-state index in [2.05, 4.69) is 13.5 Å². The molecule has 0 aromatic heterocycles. The van der Waals surface area contributed by atoms with Crippen molar-refractivity contribution in [3.63, 3.8) is 0 Å². The fourth-order valence-electron chi connectivity index (χ4n) is 4.51. The lowest BCUT2D eigenvalue weighted by Crippen LogP contribution is -2.58. The summed E-state index contributed by atoms with van der Waals surface area (Å²) in [6.07, 6.45) is 3.87. The van der Waals surface area contributed by atoms with Crippen LogP contribution in [0.1, 0.15) is 31.4 Å². The third-order valence-electron chi connectivity index (χ3n) is 5.94. The Labute approximate surface area is 158 Å². The number of ketones is 1. The molecule has 6 heteroatoms. The van der Waals surface area contributed by atoms with Gasteiger partial charge in [0, 0.05) is 20.1 Å². The number of Topliss-reactive ketones (excluding diaryl/α,β-unsaturated/α-hetero) is 1. The predicted molar refractivity (Wildman–Crippen MR) is 97.6 cm³/mol. The second-order valence-electron chi connectivity index (χ2n) is 7.16. The van der Waals surface area contributed by atoms with Crippen LogP contribution < -0.4 is 9.47 Å².